The Bertz CT molecular complexity index is 1310. The molecule has 2 aliphatic heterocycles. The monoisotopic (exact) mass is 482 g/mol. The molecule has 188 valence electrons. The van der Waals surface area contributed by atoms with Crippen molar-refractivity contribution < 1.29 is 9.59 Å². The minimum atomic E-state index is -0.424. The molecule has 2 aliphatic rings. The maximum absolute atomic E-state index is 13.2. The molecule has 0 N–H and O–H groups in total. The molecule has 0 saturated carbocycles. The SMILES string of the molecule is C/C=C/C(=O)N1c2ccc(C3(C)CC(C)(C)N(C(=O)/C=C/C)c4ccccc43)cc2C(C)=CC1(C)C. The Morgan fingerprint density at radius 1 is 0.833 bits per heavy atom. The quantitative estimate of drug-likeness (QED) is 0.435. The Hall–Kier alpha value is -3.40. The van der Waals surface area contributed by atoms with Gasteiger partial charge in [-0.1, -0.05) is 49.4 Å². The van der Waals surface area contributed by atoms with Crippen molar-refractivity contribution in [3.63, 3.8) is 0 Å². The van der Waals surface area contributed by atoms with Crippen LogP contribution in [0, 0.1) is 0 Å². The first kappa shape index (κ1) is 25.7. The van der Waals surface area contributed by atoms with E-state index in [-0.39, 0.29) is 17.2 Å². The molecule has 1 unspecified atom stereocenters. The van der Waals surface area contributed by atoms with E-state index in [2.05, 4.69) is 84.0 Å². The molecule has 2 heterocycles. The van der Waals surface area contributed by atoms with Crippen LogP contribution < -0.4 is 9.80 Å². The molecular formula is C32H38N2O2. The fourth-order valence-corrected chi connectivity index (χ4v) is 6.39. The van der Waals surface area contributed by atoms with Crippen LogP contribution in [-0.2, 0) is 15.0 Å². The zero-order valence-electron chi connectivity index (χ0n) is 22.8. The van der Waals surface area contributed by atoms with Gasteiger partial charge >= 0.3 is 0 Å². The van der Waals surface area contributed by atoms with Crippen molar-refractivity contribution in [3.05, 3.63) is 89.5 Å². The predicted octanol–water partition coefficient (Wildman–Crippen LogP) is 7.19. The first-order chi connectivity index (χ1) is 16.9. The number of benzene rings is 2. The molecule has 0 aliphatic carbocycles. The Morgan fingerprint density at radius 3 is 2.08 bits per heavy atom. The van der Waals surface area contributed by atoms with E-state index in [1.807, 2.05) is 29.7 Å². The lowest BCUT2D eigenvalue weighted by molar-refractivity contribution is -0.116. The maximum atomic E-state index is 13.2. The number of para-hydroxylation sites is 1. The fraction of sp³-hybridized carbons (Fsp3) is 0.375. The van der Waals surface area contributed by atoms with Gasteiger partial charge in [-0.2, -0.15) is 0 Å². The smallest absolute Gasteiger partial charge is 0.251 e. The molecule has 0 fully saturated rings. The highest BCUT2D eigenvalue weighted by atomic mass is 16.2. The Balaban J connectivity index is 1.91. The van der Waals surface area contributed by atoms with Gasteiger partial charge in [0.05, 0.1) is 11.2 Å². The second-order valence-corrected chi connectivity index (χ2v) is 11.4. The summed E-state index contributed by atoms with van der Waals surface area (Å²) >= 11 is 0. The van der Waals surface area contributed by atoms with Gasteiger partial charge in [0.25, 0.3) is 11.8 Å². The second-order valence-electron chi connectivity index (χ2n) is 11.4. The number of hydrogen-bond donors (Lipinski definition) is 0. The van der Waals surface area contributed by atoms with Gasteiger partial charge in [-0.3, -0.25) is 14.5 Å². The molecule has 0 radical (unpaired) electrons. The molecular weight excluding hydrogens is 444 g/mol. The van der Waals surface area contributed by atoms with Crippen LogP contribution in [-0.4, -0.2) is 22.9 Å². The fourth-order valence-electron chi connectivity index (χ4n) is 6.39. The van der Waals surface area contributed by atoms with E-state index < -0.39 is 11.1 Å². The molecule has 4 heteroatoms. The van der Waals surface area contributed by atoms with E-state index in [1.165, 1.54) is 11.1 Å². The Kier molecular flexibility index (Phi) is 6.36. The number of hydrogen-bond acceptors (Lipinski definition) is 2. The normalized spacial score (nSPS) is 22.4. The van der Waals surface area contributed by atoms with Crippen molar-refractivity contribution in [2.24, 2.45) is 0 Å². The highest BCUT2D eigenvalue weighted by molar-refractivity contribution is 6.06. The highest BCUT2D eigenvalue weighted by Crippen LogP contribution is 2.52. The standard InChI is InChI=1S/C32H38N2O2/c1-9-13-28(35)33-26-18-17-23(19-24(26)22(3)20-30(33,4)5)32(8)21-31(6,7)34(29(36)14-10-2)27-16-12-11-15-25(27)32/h9-20H,21H2,1-8H3/b13-9+,14-10+. The largest absolute Gasteiger partial charge is 0.303 e. The van der Waals surface area contributed by atoms with Crippen molar-refractivity contribution in [1.29, 1.82) is 0 Å². The summed E-state index contributed by atoms with van der Waals surface area (Å²) < 4.78 is 0. The summed E-state index contributed by atoms with van der Waals surface area (Å²) in [4.78, 5) is 30.1. The Morgan fingerprint density at radius 2 is 1.44 bits per heavy atom. The molecule has 2 aromatic carbocycles. The van der Waals surface area contributed by atoms with Crippen LogP contribution in [0.1, 0.15) is 78.5 Å². The lowest BCUT2D eigenvalue weighted by Gasteiger charge is -2.51. The molecule has 4 nitrogen and oxygen atoms in total. The van der Waals surface area contributed by atoms with Crippen molar-refractivity contribution in [2.45, 2.75) is 78.3 Å². The summed E-state index contributed by atoms with van der Waals surface area (Å²) in [5.41, 5.74) is 5.33. The summed E-state index contributed by atoms with van der Waals surface area (Å²) in [5.74, 6) is -0.0182. The number of nitrogens with zero attached hydrogens (tertiary/aromatic N) is 2. The van der Waals surface area contributed by atoms with E-state index in [4.69, 9.17) is 0 Å². The van der Waals surface area contributed by atoms with Crippen LogP contribution >= 0.6 is 0 Å². The van der Waals surface area contributed by atoms with Crippen molar-refractivity contribution in [1.82, 2.24) is 0 Å². The maximum Gasteiger partial charge on any atom is 0.251 e. The number of anilines is 2. The lowest BCUT2D eigenvalue weighted by Crippen LogP contribution is -2.55. The first-order valence-corrected chi connectivity index (χ1v) is 12.7. The summed E-state index contributed by atoms with van der Waals surface area (Å²) in [6.07, 6.45) is 9.82. The average Bonchev–Trinajstić information content (AvgIpc) is 2.78. The summed E-state index contributed by atoms with van der Waals surface area (Å²) in [6.45, 7) is 16.6. The minimum Gasteiger partial charge on any atom is -0.303 e. The molecule has 4 rings (SSSR count). The van der Waals surface area contributed by atoms with Gasteiger partial charge in [0.1, 0.15) is 0 Å². The molecule has 2 amide bonds. The van der Waals surface area contributed by atoms with Crippen LogP contribution in [0.2, 0.25) is 0 Å². The van der Waals surface area contributed by atoms with Crippen molar-refractivity contribution >= 4 is 28.8 Å². The average molecular weight is 483 g/mol. The topological polar surface area (TPSA) is 40.6 Å². The summed E-state index contributed by atoms with van der Waals surface area (Å²) in [7, 11) is 0. The van der Waals surface area contributed by atoms with Crippen LogP contribution in [0.25, 0.3) is 5.57 Å². The van der Waals surface area contributed by atoms with Gasteiger partial charge in [0.15, 0.2) is 0 Å². The molecule has 1 atom stereocenters. The molecule has 0 saturated heterocycles. The predicted molar refractivity (Wildman–Crippen MR) is 150 cm³/mol. The first-order valence-electron chi connectivity index (χ1n) is 12.7. The van der Waals surface area contributed by atoms with Crippen LogP contribution in [0.4, 0.5) is 11.4 Å². The number of fused-ring (bicyclic) bond motifs is 2. The zero-order chi connectivity index (χ0) is 26.5. The third-order valence-corrected chi connectivity index (χ3v) is 7.64. The number of rotatable bonds is 3. The van der Waals surface area contributed by atoms with E-state index in [9.17, 15) is 9.59 Å². The van der Waals surface area contributed by atoms with Gasteiger partial charge in [-0.05, 0) is 102 Å². The molecule has 36 heavy (non-hydrogen) atoms. The number of amides is 2. The van der Waals surface area contributed by atoms with Crippen LogP contribution in [0.3, 0.4) is 0 Å². The Labute approximate surface area is 216 Å². The van der Waals surface area contributed by atoms with E-state index >= 15 is 0 Å². The van der Waals surface area contributed by atoms with E-state index in [0.29, 0.717) is 0 Å². The molecule has 0 aromatic heterocycles. The summed E-state index contributed by atoms with van der Waals surface area (Å²) in [6, 6.07) is 14.8. The van der Waals surface area contributed by atoms with Gasteiger partial charge in [0, 0.05) is 22.2 Å². The van der Waals surface area contributed by atoms with Crippen LogP contribution in [0.15, 0.2) is 72.8 Å². The van der Waals surface area contributed by atoms with Gasteiger partial charge < -0.3 is 4.90 Å². The second kappa shape index (κ2) is 8.92. The summed E-state index contributed by atoms with van der Waals surface area (Å²) in [5, 5.41) is 0. The third-order valence-electron chi connectivity index (χ3n) is 7.64. The van der Waals surface area contributed by atoms with Crippen molar-refractivity contribution in [3.8, 4) is 0 Å². The molecule has 0 bridgehead atoms. The van der Waals surface area contributed by atoms with Gasteiger partial charge in [-0.25, -0.2) is 0 Å². The third kappa shape index (κ3) is 4.03. The van der Waals surface area contributed by atoms with Gasteiger partial charge in [-0.15, -0.1) is 0 Å². The lowest BCUT2D eigenvalue weighted by atomic mass is 9.64. The van der Waals surface area contributed by atoms with E-state index in [0.717, 1.165) is 28.9 Å². The number of carbonyl (C=O) groups excluding carboxylic acids is 2. The number of carbonyl (C=O) groups is 2. The van der Waals surface area contributed by atoms with Crippen molar-refractivity contribution in [2.75, 3.05) is 9.80 Å². The van der Waals surface area contributed by atoms with E-state index in [1.54, 1.807) is 24.3 Å². The molecule has 0 spiro atoms. The highest BCUT2D eigenvalue weighted by Gasteiger charge is 2.47. The number of allylic oxidation sites excluding steroid dienone is 3. The zero-order valence-corrected chi connectivity index (χ0v) is 22.8. The van der Waals surface area contributed by atoms with Crippen LogP contribution in [0.5, 0.6) is 0 Å². The molecule has 2 aromatic rings. The van der Waals surface area contributed by atoms with Gasteiger partial charge in [0.2, 0.25) is 0 Å². The minimum absolute atomic E-state index is 0.00147.